The zero-order valence-electron chi connectivity index (χ0n) is 10.6. The molecule has 98 valence electrons. The van der Waals surface area contributed by atoms with Crippen molar-refractivity contribution in [2.75, 3.05) is 6.54 Å². The third-order valence-corrected chi connectivity index (χ3v) is 4.49. The molecule has 17 heavy (non-hydrogen) atoms. The molecule has 0 radical (unpaired) electrons. The van der Waals surface area contributed by atoms with Crippen molar-refractivity contribution in [2.24, 2.45) is 23.5 Å². The zero-order valence-corrected chi connectivity index (χ0v) is 10.6. The van der Waals surface area contributed by atoms with Gasteiger partial charge in [0.1, 0.15) is 0 Å². The first-order valence-electron chi connectivity index (χ1n) is 6.76. The Balaban J connectivity index is 1.67. The molecular formula is C13H24N2O2. The quantitative estimate of drug-likeness (QED) is 0.660. The summed E-state index contributed by atoms with van der Waals surface area (Å²) in [5.41, 5.74) is 5.67. The van der Waals surface area contributed by atoms with Gasteiger partial charge in [-0.3, -0.25) is 4.79 Å². The summed E-state index contributed by atoms with van der Waals surface area (Å²) in [7, 11) is 0. The van der Waals surface area contributed by atoms with Gasteiger partial charge >= 0.3 is 0 Å². The smallest absolute Gasteiger partial charge is 0.220 e. The highest BCUT2D eigenvalue weighted by Gasteiger charge is 2.40. The van der Waals surface area contributed by atoms with E-state index in [1.165, 1.54) is 25.7 Å². The Kier molecular flexibility index (Phi) is 4.05. The molecule has 2 fully saturated rings. The van der Waals surface area contributed by atoms with Gasteiger partial charge in [0.2, 0.25) is 5.91 Å². The fourth-order valence-electron chi connectivity index (χ4n) is 3.34. The number of carbonyl (C=O) groups is 1. The van der Waals surface area contributed by atoms with Crippen molar-refractivity contribution in [1.82, 2.24) is 5.32 Å². The van der Waals surface area contributed by atoms with Crippen LogP contribution in [0, 0.1) is 17.8 Å². The first kappa shape index (κ1) is 12.8. The molecule has 0 aromatic rings. The maximum absolute atomic E-state index is 11.8. The van der Waals surface area contributed by atoms with Gasteiger partial charge in [0, 0.05) is 19.0 Å². The van der Waals surface area contributed by atoms with Crippen LogP contribution in [0.2, 0.25) is 0 Å². The predicted molar refractivity (Wildman–Crippen MR) is 66.2 cm³/mol. The van der Waals surface area contributed by atoms with Gasteiger partial charge < -0.3 is 16.2 Å². The second-order valence-electron chi connectivity index (χ2n) is 5.85. The molecule has 2 saturated carbocycles. The van der Waals surface area contributed by atoms with E-state index in [4.69, 9.17) is 5.73 Å². The molecule has 5 atom stereocenters. The fraction of sp³-hybridized carbons (Fsp3) is 0.923. The van der Waals surface area contributed by atoms with Crippen LogP contribution >= 0.6 is 0 Å². The van der Waals surface area contributed by atoms with Crippen molar-refractivity contribution in [3.8, 4) is 0 Å². The molecule has 2 aliphatic carbocycles. The van der Waals surface area contributed by atoms with E-state index in [1.54, 1.807) is 6.92 Å². The van der Waals surface area contributed by atoms with Crippen LogP contribution in [0.15, 0.2) is 0 Å². The number of amides is 1. The van der Waals surface area contributed by atoms with Crippen molar-refractivity contribution in [3.05, 3.63) is 0 Å². The second kappa shape index (κ2) is 5.36. The number of nitrogens with two attached hydrogens (primary N) is 1. The van der Waals surface area contributed by atoms with Gasteiger partial charge in [-0.25, -0.2) is 0 Å². The van der Waals surface area contributed by atoms with Crippen molar-refractivity contribution in [1.29, 1.82) is 0 Å². The number of aliphatic hydroxyl groups excluding tert-OH is 1. The summed E-state index contributed by atoms with van der Waals surface area (Å²) < 4.78 is 0. The van der Waals surface area contributed by atoms with E-state index in [1.807, 2.05) is 0 Å². The minimum absolute atomic E-state index is 0.0960. The molecule has 5 unspecified atom stereocenters. The van der Waals surface area contributed by atoms with Crippen LogP contribution in [0.3, 0.4) is 0 Å². The Morgan fingerprint density at radius 2 is 2.24 bits per heavy atom. The van der Waals surface area contributed by atoms with Gasteiger partial charge in [-0.15, -0.1) is 0 Å². The summed E-state index contributed by atoms with van der Waals surface area (Å²) in [5.74, 6) is 2.36. The molecule has 1 amide bonds. The third-order valence-electron chi connectivity index (χ3n) is 4.49. The van der Waals surface area contributed by atoms with Gasteiger partial charge in [-0.2, -0.15) is 0 Å². The lowest BCUT2D eigenvalue weighted by Crippen LogP contribution is -2.44. The van der Waals surface area contributed by atoms with Crippen LogP contribution in [0.5, 0.6) is 0 Å². The molecule has 0 saturated heterocycles. The number of rotatable bonds is 5. The number of carbonyl (C=O) groups excluding carboxylic acids is 1. The van der Waals surface area contributed by atoms with Crippen molar-refractivity contribution in [3.63, 3.8) is 0 Å². The minimum Gasteiger partial charge on any atom is -0.392 e. The van der Waals surface area contributed by atoms with Crippen LogP contribution in [0.1, 0.15) is 39.0 Å². The molecule has 0 aromatic heterocycles. The lowest BCUT2D eigenvalue weighted by molar-refractivity contribution is -0.122. The molecule has 4 heteroatoms. The Labute approximate surface area is 103 Å². The van der Waals surface area contributed by atoms with Crippen LogP contribution in [-0.4, -0.2) is 29.7 Å². The molecule has 0 heterocycles. The topological polar surface area (TPSA) is 75.3 Å². The van der Waals surface area contributed by atoms with Gasteiger partial charge in [-0.05, 0) is 43.9 Å². The maximum Gasteiger partial charge on any atom is 0.220 e. The van der Waals surface area contributed by atoms with E-state index in [9.17, 15) is 9.90 Å². The Hall–Kier alpha value is -0.610. The van der Waals surface area contributed by atoms with Crippen molar-refractivity contribution >= 4 is 5.91 Å². The standard InChI is InChI=1S/C13H24N2O2/c1-8(16)12(14)7-15-13(17)6-11-5-9-2-3-10(11)4-9/h8-12,16H,2-7,14H2,1H3,(H,15,17). The number of hydrogen-bond acceptors (Lipinski definition) is 3. The molecule has 2 aliphatic rings. The average Bonchev–Trinajstić information content (AvgIpc) is 2.87. The average molecular weight is 240 g/mol. The fourth-order valence-corrected chi connectivity index (χ4v) is 3.34. The summed E-state index contributed by atoms with van der Waals surface area (Å²) in [5, 5.41) is 12.1. The van der Waals surface area contributed by atoms with Gasteiger partial charge in [0.15, 0.2) is 0 Å². The van der Waals surface area contributed by atoms with Gasteiger partial charge in [0.25, 0.3) is 0 Å². The van der Waals surface area contributed by atoms with Crippen LogP contribution in [-0.2, 0) is 4.79 Å². The van der Waals surface area contributed by atoms with E-state index in [2.05, 4.69) is 5.32 Å². The first-order valence-corrected chi connectivity index (χ1v) is 6.76. The van der Waals surface area contributed by atoms with Crippen molar-refractivity contribution in [2.45, 2.75) is 51.2 Å². The number of aliphatic hydroxyl groups is 1. The lowest BCUT2D eigenvalue weighted by Gasteiger charge is -2.21. The zero-order chi connectivity index (χ0) is 12.4. The Bertz CT molecular complexity index is 281. The van der Waals surface area contributed by atoms with Crippen LogP contribution in [0.4, 0.5) is 0 Å². The largest absolute Gasteiger partial charge is 0.392 e. The SMILES string of the molecule is CC(O)C(N)CNC(=O)CC1CC2CCC1C2. The van der Waals surface area contributed by atoms with E-state index < -0.39 is 6.10 Å². The maximum atomic E-state index is 11.8. The molecule has 2 bridgehead atoms. The van der Waals surface area contributed by atoms with Gasteiger partial charge in [0.05, 0.1) is 6.10 Å². The number of nitrogens with one attached hydrogen (secondary N) is 1. The van der Waals surface area contributed by atoms with Gasteiger partial charge in [-0.1, -0.05) is 6.42 Å². The molecular weight excluding hydrogens is 216 g/mol. The molecule has 4 nitrogen and oxygen atoms in total. The predicted octanol–water partition coefficient (Wildman–Crippen LogP) is 0.637. The normalized spacial score (nSPS) is 34.6. The summed E-state index contributed by atoms with van der Waals surface area (Å²) in [6.07, 6.45) is 5.34. The Morgan fingerprint density at radius 1 is 1.47 bits per heavy atom. The number of hydrogen-bond donors (Lipinski definition) is 3. The first-order chi connectivity index (χ1) is 8.06. The van der Waals surface area contributed by atoms with Crippen LogP contribution in [0.25, 0.3) is 0 Å². The molecule has 4 N–H and O–H groups in total. The highest BCUT2D eigenvalue weighted by Crippen LogP contribution is 2.49. The van der Waals surface area contributed by atoms with Crippen molar-refractivity contribution < 1.29 is 9.90 Å². The Morgan fingerprint density at radius 3 is 2.76 bits per heavy atom. The molecule has 0 spiro atoms. The van der Waals surface area contributed by atoms with E-state index in [-0.39, 0.29) is 11.9 Å². The van der Waals surface area contributed by atoms with E-state index in [0.717, 1.165) is 11.8 Å². The second-order valence-corrected chi connectivity index (χ2v) is 5.85. The summed E-state index contributed by atoms with van der Waals surface area (Å²) in [6, 6.07) is -0.362. The molecule has 0 aliphatic heterocycles. The van der Waals surface area contributed by atoms with E-state index >= 15 is 0 Å². The monoisotopic (exact) mass is 240 g/mol. The number of fused-ring (bicyclic) bond motifs is 2. The molecule has 0 aromatic carbocycles. The summed E-state index contributed by atoms with van der Waals surface area (Å²) in [4.78, 5) is 11.8. The summed E-state index contributed by atoms with van der Waals surface area (Å²) >= 11 is 0. The highest BCUT2D eigenvalue weighted by atomic mass is 16.3. The minimum atomic E-state index is -0.571. The third kappa shape index (κ3) is 3.19. The highest BCUT2D eigenvalue weighted by molar-refractivity contribution is 5.76. The van der Waals surface area contributed by atoms with E-state index in [0.29, 0.717) is 18.9 Å². The summed E-state index contributed by atoms with van der Waals surface area (Å²) in [6.45, 7) is 2.02. The van der Waals surface area contributed by atoms with Crippen LogP contribution < -0.4 is 11.1 Å². The lowest BCUT2D eigenvalue weighted by atomic mass is 9.86. The molecule has 2 rings (SSSR count).